The fourth-order valence-electron chi connectivity index (χ4n) is 2.34. The van der Waals surface area contributed by atoms with Crippen molar-refractivity contribution in [3.05, 3.63) is 53.9 Å². The number of pyridine rings is 1. The van der Waals surface area contributed by atoms with Crippen molar-refractivity contribution in [1.29, 1.82) is 0 Å². The second-order valence-corrected chi connectivity index (χ2v) is 4.88. The van der Waals surface area contributed by atoms with Crippen molar-refractivity contribution in [1.82, 2.24) is 19.9 Å². The maximum atomic E-state index is 12.5. The minimum absolute atomic E-state index is 0.00326. The van der Waals surface area contributed by atoms with Gasteiger partial charge in [-0.2, -0.15) is 0 Å². The number of carbonyl (C=O) groups excluding carboxylic acids is 1. The van der Waals surface area contributed by atoms with E-state index in [-0.39, 0.29) is 12.0 Å². The van der Waals surface area contributed by atoms with E-state index in [0.29, 0.717) is 31.1 Å². The van der Waals surface area contributed by atoms with Crippen molar-refractivity contribution >= 4 is 5.91 Å². The van der Waals surface area contributed by atoms with Crippen LogP contribution in [0.25, 0.3) is 0 Å². The lowest BCUT2D eigenvalue weighted by Crippen LogP contribution is -2.42. The number of rotatable bonds is 2. The minimum atomic E-state index is -0.203. The predicted molar refractivity (Wildman–Crippen MR) is 75.6 cm³/mol. The topological polar surface area (TPSA) is 68.2 Å². The smallest absolute Gasteiger partial charge is 0.254 e. The normalized spacial score (nSPS) is 18.5. The molecule has 3 rings (SSSR count). The van der Waals surface area contributed by atoms with E-state index in [1.807, 2.05) is 13.0 Å². The van der Waals surface area contributed by atoms with Crippen LogP contribution in [0.1, 0.15) is 28.0 Å². The Labute approximate surface area is 122 Å². The molecular formula is C15H16N4O2. The van der Waals surface area contributed by atoms with E-state index in [4.69, 9.17) is 4.74 Å². The van der Waals surface area contributed by atoms with Gasteiger partial charge >= 0.3 is 0 Å². The van der Waals surface area contributed by atoms with Crippen LogP contribution in [-0.2, 0) is 4.74 Å². The third-order valence-corrected chi connectivity index (χ3v) is 3.41. The molecule has 1 unspecified atom stereocenters. The third kappa shape index (κ3) is 3.05. The Bertz CT molecular complexity index is 633. The van der Waals surface area contributed by atoms with Gasteiger partial charge in [0, 0.05) is 30.7 Å². The van der Waals surface area contributed by atoms with Gasteiger partial charge in [0.2, 0.25) is 0 Å². The van der Waals surface area contributed by atoms with Crippen LogP contribution in [0.2, 0.25) is 0 Å². The molecular weight excluding hydrogens is 268 g/mol. The SMILES string of the molecule is Cc1nccc(C2CN(C(=O)c3ccncc3)CCO2)n1. The summed E-state index contributed by atoms with van der Waals surface area (Å²) in [5, 5.41) is 0. The zero-order valence-corrected chi connectivity index (χ0v) is 11.8. The van der Waals surface area contributed by atoms with Gasteiger partial charge < -0.3 is 9.64 Å². The van der Waals surface area contributed by atoms with Crippen molar-refractivity contribution in [3.8, 4) is 0 Å². The van der Waals surface area contributed by atoms with Crippen LogP contribution in [0.5, 0.6) is 0 Å². The molecule has 1 aliphatic heterocycles. The lowest BCUT2D eigenvalue weighted by atomic mass is 10.1. The first-order chi connectivity index (χ1) is 10.2. The standard InChI is InChI=1S/C15H16N4O2/c1-11-17-7-4-13(18-11)14-10-19(8-9-21-14)15(20)12-2-5-16-6-3-12/h2-7,14H,8-10H2,1H3. The van der Waals surface area contributed by atoms with E-state index in [1.165, 1.54) is 0 Å². The van der Waals surface area contributed by atoms with E-state index >= 15 is 0 Å². The molecule has 0 N–H and O–H groups in total. The largest absolute Gasteiger partial charge is 0.368 e. The van der Waals surface area contributed by atoms with E-state index in [1.54, 1.807) is 35.6 Å². The maximum Gasteiger partial charge on any atom is 0.254 e. The Morgan fingerprint density at radius 3 is 2.86 bits per heavy atom. The molecule has 0 saturated carbocycles. The highest BCUT2D eigenvalue weighted by atomic mass is 16.5. The van der Waals surface area contributed by atoms with Crippen molar-refractivity contribution < 1.29 is 9.53 Å². The van der Waals surface area contributed by atoms with Crippen LogP contribution in [-0.4, -0.2) is 45.5 Å². The summed E-state index contributed by atoms with van der Waals surface area (Å²) in [6.07, 6.45) is 4.76. The Kier molecular flexibility index (Phi) is 3.87. The van der Waals surface area contributed by atoms with Gasteiger partial charge in [-0.3, -0.25) is 9.78 Å². The number of hydrogen-bond acceptors (Lipinski definition) is 5. The van der Waals surface area contributed by atoms with E-state index < -0.39 is 0 Å². The quantitative estimate of drug-likeness (QED) is 0.833. The van der Waals surface area contributed by atoms with Gasteiger partial charge in [0.05, 0.1) is 18.8 Å². The fourth-order valence-corrected chi connectivity index (χ4v) is 2.34. The second-order valence-electron chi connectivity index (χ2n) is 4.88. The Hall–Kier alpha value is -2.34. The highest BCUT2D eigenvalue weighted by molar-refractivity contribution is 5.94. The highest BCUT2D eigenvalue weighted by Crippen LogP contribution is 2.21. The zero-order valence-electron chi connectivity index (χ0n) is 11.8. The Balaban J connectivity index is 1.75. The summed E-state index contributed by atoms with van der Waals surface area (Å²) in [7, 11) is 0. The summed E-state index contributed by atoms with van der Waals surface area (Å²) < 4.78 is 5.74. The van der Waals surface area contributed by atoms with Crippen molar-refractivity contribution in [3.63, 3.8) is 0 Å². The Morgan fingerprint density at radius 2 is 2.10 bits per heavy atom. The highest BCUT2D eigenvalue weighted by Gasteiger charge is 2.27. The molecule has 1 aliphatic rings. The molecule has 0 aliphatic carbocycles. The van der Waals surface area contributed by atoms with E-state index in [2.05, 4.69) is 15.0 Å². The number of aromatic nitrogens is 3. The summed E-state index contributed by atoms with van der Waals surface area (Å²) in [6, 6.07) is 5.28. The molecule has 2 aromatic rings. The molecule has 6 heteroatoms. The van der Waals surface area contributed by atoms with Crippen LogP contribution in [0.4, 0.5) is 0 Å². The molecule has 0 bridgehead atoms. The first-order valence-electron chi connectivity index (χ1n) is 6.84. The van der Waals surface area contributed by atoms with Crippen molar-refractivity contribution in [2.24, 2.45) is 0 Å². The molecule has 1 amide bonds. The minimum Gasteiger partial charge on any atom is -0.368 e. The second kappa shape index (κ2) is 5.97. The predicted octanol–water partition coefficient (Wildman–Crippen LogP) is 1.39. The molecule has 0 radical (unpaired) electrons. The molecule has 6 nitrogen and oxygen atoms in total. The molecule has 1 atom stereocenters. The number of nitrogens with zero attached hydrogens (tertiary/aromatic N) is 4. The first-order valence-corrected chi connectivity index (χ1v) is 6.84. The van der Waals surface area contributed by atoms with Crippen molar-refractivity contribution in [2.75, 3.05) is 19.7 Å². The maximum absolute atomic E-state index is 12.5. The van der Waals surface area contributed by atoms with Crippen LogP contribution < -0.4 is 0 Å². The number of aryl methyl sites for hydroxylation is 1. The molecule has 0 spiro atoms. The van der Waals surface area contributed by atoms with Crippen LogP contribution in [0.15, 0.2) is 36.8 Å². The number of amides is 1. The van der Waals surface area contributed by atoms with Gasteiger partial charge in [-0.15, -0.1) is 0 Å². The lowest BCUT2D eigenvalue weighted by molar-refractivity contribution is -0.0248. The summed E-state index contributed by atoms with van der Waals surface area (Å²) >= 11 is 0. The number of morpholine rings is 1. The number of hydrogen-bond donors (Lipinski definition) is 0. The summed E-state index contributed by atoms with van der Waals surface area (Å²) in [6.45, 7) is 3.43. The molecule has 21 heavy (non-hydrogen) atoms. The van der Waals surface area contributed by atoms with Crippen LogP contribution >= 0.6 is 0 Å². The lowest BCUT2D eigenvalue weighted by Gasteiger charge is -2.32. The van der Waals surface area contributed by atoms with Gasteiger partial charge in [0.15, 0.2) is 0 Å². The fraction of sp³-hybridized carbons (Fsp3) is 0.333. The first kappa shape index (κ1) is 13.6. The van der Waals surface area contributed by atoms with E-state index in [0.717, 1.165) is 5.69 Å². The molecule has 108 valence electrons. The van der Waals surface area contributed by atoms with Crippen molar-refractivity contribution in [2.45, 2.75) is 13.0 Å². The number of carbonyl (C=O) groups is 1. The summed E-state index contributed by atoms with van der Waals surface area (Å²) in [5.74, 6) is 0.699. The summed E-state index contributed by atoms with van der Waals surface area (Å²) in [4.78, 5) is 26.6. The number of ether oxygens (including phenoxy) is 1. The van der Waals surface area contributed by atoms with Gasteiger partial charge in [-0.05, 0) is 25.1 Å². The Morgan fingerprint density at radius 1 is 1.29 bits per heavy atom. The molecule has 2 aromatic heterocycles. The molecule has 3 heterocycles. The van der Waals surface area contributed by atoms with Crippen LogP contribution in [0, 0.1) is 6.92 Å². The zero-order chi connectivity index (χ0) is 14.7. The molecule has 1 fully saturated rings. The third-order valence-electron chi connectivity index (χ3n) is 3.41. The van der Waals surface area contributed by atoms with Crippen LogP contribution in [0.3, 0.4) is 0 Å². The average molecular weight is 284 g/mol. The summed E-state index contributed by atoms with van der Waals surface area (Å²) in [5.41, 5.74) is 1.46. The van der Waals surface area contributed by atoms with E-state index in [9.17, 15) is 4.79 Å². The monoisotopic (exact) mass is 284 g/mol. The van der Waals surface area contributed by atoms with Gasteiger partial charge in [-0.25, -0.2) is 9.97 Å². The average Bonchev–Trinajstić information content (AvgIpc) is 2.55. The molecule has 1 saturated heterocycles. The van der Waals surface area contributed by atoms with Gasteiger partial charge in [0.25, 0.3) is 5.91 Å². The molecule has 0 aromatic carbocycles. The van der Waals surface area contributed by atoms with Gasteiger partial charge in [-0.1, -0.05) is 0 Å². The van der Waals surface area contributed by atoms with Gasteiger partial charge in [0.1, 0.15) is 11.9 Å².